The number of carbonyl (C=O) groups excluding carboxylic acids is 1. The first-order valence-corrected chi connectivity index (χ1v) is 12.2. The number of amides is 1. The number of carbonyl (C=O) groups is 1. The van der Waals surface area contributed by atoms with Gasteiger partial charge in [0.15, 0.2) is 5.16 Å². The van der Waals surface area contributed by atoms with E-state index < -0.39 is 0 Å². The van der Waals surface area contributed by atoms with Crippen LogP contribution in [0, 0.1) is 20.8 Å². The number of hydrogen-bond donors (Lipinski definition) is 1. The van der Waals surface area contributed by atoms with E-state index in [9.17, 15) is 4.79 Å². The zero-order chi connectivity index (χ0) is 21.5. The van der Waals surface area contributed by atoms with Crippen LogP contribution in [0.4, 0.5) is 5.69 Å². The minimum absolute atomic E-state index is 0.0327. The molecule has 2 aromatic carbocycles. The van der Waals surface area contributed by atoms with Crippen molar-refractivity contribution < 1.29 is 4.79 Å². The summed E-state index contributed by atoms with van der Waals surface area (Å²) in [5.74, 6) is 2.96. The van der Waals surface area contributed by atoms with Crippen molar-refractivity contribution >= 4 is 35.1 Å². The predicted octanol–water partition coefficient (Wildman–Crippen LogP) is 5.39. The molecule has 0 aliphatic rings. The molecule has 1 N–H and O–H groups in total. The van der Waals surface area contributed by atoms with Crippen molar-refractivity contribution in [1.82, 2.24) is 14.8 Å². The van der Waals surface area contributed by atoms with Crippen LogP contribution in [-0.4, -0.2) is 26.4 Å². The molecule has 30 heavy (non-hydrogen) atoms. The van der Waals surface area contributed by atoms with E-state index >= 15 is 0 Å². The largest absolute Gasteiger partial charge is 0.325 e. The number of thioether (sulfide) groups is 2. The third-order valence-electron chi connectivity index (χ3n) is 4.73. The number of benzene rings is 2. The smallest absolute Gasteiger partial charge is 0.234 e. The van der Waals surface area contributed by atoms with Crippen LogP contribution in [0.25, 0.3) is 0 Å². The summed E-state index contributed by atoms with van der Waals surface area (Å²) in [6.45, 7) is 8.98. The summed E-state index contributed by atoms with van der Waals surface area (Å²) in [6.07, 6.45) is 0. The summed E-state index contributed by atoms with van der Waals surface area (Å²) in [7, 11) is 0. The molecule has 0 saturated heterocycles. The Labute approximate surface area is 187 Å². The van der Waals surface area contributed by atoms with Crippen molar-refractivity contribution in [2.45, 2.75) is 50.9 Å². The Hall–Kier alpha value is -2.25. The Bertz CT molecular complexity index is 999. The highest BCUT2D eigenvalue weighted by Crippen LogP contribution is 2.23. The van der Waals surface area contributed by atoms with Crippen LogP contribution in [0.5, 0.6) is 0 Å². The Kier molecular flexibility index (Phi) is 7.99. The van der Waals surface area contributed by atoms with Crippen molar-refractivity contribution in [3.05, 3.63) is 70.5 Å². The van der Waals surface area contributed by atoms with Gasteiger partial charge in [0.1, 0.15) is 5.82 Å². The molecular weight excluding hydrogens is 412 g/mol. The van der Waals surface area contributed by atoms with Crippen LogP contribution >= 0.6 is 23.5 Å². The number of nitrogens with zero attached hydrogens (tertiary/aromatic N) is 3. The first kappa shape index (κ1) is 22.4. The maximum Gasteiger partial charge on any atom is 0.234 e. The van der Waals surface area contributed by atoms with Gasteiger partial charge in [-0.1, -0.05) is 53.7 Å². The number of aryl methyl sites for hydroxylation is 3. The highest BCUT2D eigenvalue weighted by atomic mass is 32.2. The molecule has 7 heteroatoms. The summed E-state index contributed by atoms with van der Waals surface area (Å²) in [4.78, 5) is 12.4. The number of hydrogen-bond acceptors (Lipinski definition) is 5. The van der Waals surface area contributed by atoms with Crippen LogP contribution in [0.15, 0.2) is 47.6 Å². The third-order valence-corrected chi connectivity index (χ3v) is 6.70. The van der Waals surface area contributed by atoms with Crippen LogP contribution < -0.4 is 5.32 Å². The minimum Gasteiger partial charge on any atom is -0.325 e. The van der Waals surface area contributed by atoms with Crippen molar-refractivity contribution in [2.24, 2.45) is 0 Å². The van der Waals surface area contributed by atoms with Gasteiger partial charge in [0.05, 0.1) is 11.5 Å². The fraction of sp³-hybridized carbons (Fsp3) is 0.348. The maximum absolute atomic E-state index is 12.4. The van der Waals surface area contributed by atoms with Gasteiger partial charge in [0, 0.05) is 18.0 Å². The van der Waals surface area contributed by atoms with Crippen LogP contribution in [0.3, 0.4) is 0 Å². The average Bonchev–Trinajstić information content (AvgIpc) is 3.12. The molecule has 1 amide bonds. The number of anilines is 1. The summed E-state index contributed by atoms with van der Waals surface area (Å²) in [5.41, 5.74) is 5.64. The minimum atomic E-state index is -0.0327. The van der Waals surface area contributed by atoms with Gasteiger partial charge in [0.25, 0.3) is 0 Å². The second-order valence-corrected chi connectivity index (χ2v) is 9.20. The molecule has 158 valence electrons. The van der Waals surface area contributed by atoms with Crippen LogP contribution in [0.1, 0.15) is 35.0 Å². The molecule has 3 rings (SSSR count). The molecule has 0 aliphatic heterocycles. The number of nitrogens with one attached hydrogen (secondary N) is 1. The van der Waals surface area contributed by atoms with E-state index in [4.69, 9.17) is 0 Å². The number of rotatable bonds is 9. The van der Waals surface area contributed by atoms with Gasteiger partial charge in [0.2, 0.25) is 5.91 Å². The first-order chi connectivity index (χ1) is 14.5. The average molecular weight is 441 g/mol. The summed E-state index contributed by atoms with van der Waals surface area (Å²) < 4.78 is 2.10. The van der Waals surface area contributed by atoms with Gasteiger partial charge in [-0.25, -0.2) is 0 Å². The van der Waals surface area contributed by atoms with Crippen LogP contribution in [0.2, 0.25) is 0 Å². The van der Waals surface area contributed by atoms with E-state index in [-0.39, 0.29) is 5.91 Å². The molecule has 5 nitrogen and oxygen atoms in total. The third kappa shape index (κ3) is 6.12. The van der Waals surface area contributed by atoms with Gasteiger partial charge >= 0.3 is 0 Å². The molecule has 0 radical (unpaired) electrons. The Morgan fingerprint density at radius 3 is 2.47 bits per heavy atom. The van der Waals surface area contributed by atoms with Crippen LogP contribution in [-0.2, 0) is 22.8 Å². The lowest BCUT2D eigenvalue weighted by atomic mass is 10.1. The lowest BCUT2D eigenvalue weighted by Gasteiger charge is -2.10. The van der Waals surface area contributed by atoms with Crippen molar-refractivity contribution in [3.63, 3.8) is 0 Å². The normalized spacial score (nSPS) is 10.9. The topological polar surface area (TPSA) is 59.8 Å². The Morgan fingerprint density at radius 2 is 1.73 bits per heavy atom. The van der Waals surface area contributed by atoms with Crippen molar-refractivity contribution in [1.29, 1.82) is 0 Å². The van der Waals surface area contributed by atoms with Gasteiger partial charge in [-0.2, -0.15) is 0 Å². The molecule has 0 bridgehead atoms. The second-order valence-electron chi connectivity index (χ2n) is 7.28. The molecule has 0 saturated carbocycles. The van der Waals surface area contributed by atoms with E-state index in [1.807, 2.05) is 43.8 Å². The molecule has 0 spiro atoms. The van der Waals surface area contributed by atoms with E-state index in [1.165, 1.54) is 22.9 Å². The van der Waals surface area contributed by atoms with Crippen molar-refractivity contribution in [2.75, 3.05) is 11.1 Å². The molecule has 0 aliphatic carbocycles. The van der Waals surface area contributed by atoms with E-state index in [1.54, 1.807) is 0 Å². The highest BCUT2D eigenvalue weighted by Gasteiger charge is 2.14. The summed E-state index contributed by atoms with van der Waals surface area (Å²) in [5, 5.41) is 12.5. The fourth-order valence-corrected chi connectivity index (χ4v) is 4.73. The van der Waals surface area contributed by atoms with Gasteiger partial charge in [-0.3, -0.25) is 4.79 Å². The SMILES string of the molecule is CCn1c(CSCc2ccc(C)cc2)nnc1SCC(=O)Nc1cc(C)ccc1C. The van der Waals surface area contributed by atoms with E-state index in [0.717, 1.165) is 45.8 Å². The second kappa shape index (κ2) is 10.7. The Morgan fingerprint density at radius 1 is 1.00 bits per heavy atom. The molecule has 3 aromatic rings. The fourth-order valence-electron chi connectivity index (χ4n) is 2.98. The summed E-state index contributed by atoms with van der Waals surface area (Å²) >= 11 is 3.25. The Balaban J connectivity index is 1.53. The predicted molar refractivity (Wildman–Crippen MR) is 127 cm³/mol. The van der Waals surface area contributed by atoms with Gasteiger partial charge < -0.3 is 9.88 Å². The molecule has 1 heterocycles. The van der Waals surface area contributed by atoms with Gasteiger partial charge in [-0.15, -0.1) is 22.0 Å². The zero-order valence-electron chi connectivity index (χ0n) is 17.9. The standard InChI is InChI=1S/C23H28N4OS2/c1-5-27-21(14-29-13-19-10-7-16(2)8-11-19)25-26-23(27)30-15-22(28)24-20-12-17(3)6-9-18(20)4/h6-12H,5,13-15H2,1-4H3,(H,24,28). The van der Waals surface area contributed by atoms with E-state index in [0.29, 0.717) is 5.75 Å². The number of aromatic nitrogens is 3. The molecule has 0 fully saturated rings. The lowest BCUT2D eigenvalue weighted by Crippen LogP contribution is -2.15. The first-order valence-electron chi connectivity index (χ1n) is 10.0. The molecular formula is C23H28N4OS2. The molecule has 0 unspecified atom stereocenters. The maximum atomic E-state index is 12.4. The molecule has 0 atom stereocenters. The van der Waals surface area contributed by atoms with E-state index in [2.05, 4.69) is 58.2 Å². The highest BCUT2D eigenvalue weighted by molar-refractivity contribution is 7.99. The lowest BCUT2D eigenvalue weighted by molar-refractivity contribution is -0.113. The monoisotopic (exact) mass is 440 g/mol. The summed E-state index contributed by atoms with van der Waals surface area (Å²) in [6, 6.07) is 14.7. The van der Waals surface area contributed by atoms with Gasteiger partial charge in [-0.05, 0) is 50.5 Å². The quantitative estimate of drug-likeness (QED) is 0.452. The van der Waals surface area contributed by atoms with Crippen molar-refractivity contribution in [3.8, 4) is 0 Å². The zero-order valence-corrected chi connectivity index (χ0v) is 19.6. The molecule has 1 aromatic heterocycles.